The summed E-state index contributed by atoms with van der Waals surface area (Å²) in [4.78, 5) is 14.4. The normalized spacial score (nSPS) is 9.67. The Morgan fingerprint density at radius 1 is 1.40 bits per heavy atom. The van der Waals surface area contributed by atoms with Crippen molar-refractivity contribution in [3.63, 3.8) is 0 Å². The highest BCUT2D eigenvalue weighted by molar-refractivity contribution is 5.89. The smallest absolute Gasteiger partial charge is 0.335 e. The van der Waals surface area contributed by atoms with Gasteiger partial charge >= 0.3 is 5.97 Å². The quantitative estimate of drug-likeness (QED) is 0.405. The van der Waals surface area contributed by atoms with E-state index < -0.39 is 5.97 Å². The van der Waals surface area contributed by atoms with Crippen molar-refractivity contribution in [3.8, 4) is 0 Å². The molecule has 0 saturated heterocycles. The number of aliphatic hydroxyl groups excluding tert-OH is 1. The number of aliphatic imine (C=N–C) groups is 1. The van der Waals surface area contributed by atoms with Crippen LogP contribution in [-0.2, 0) is 6.61 Å². The number of aromatic carboxylic acids is 1. The van der Waals surface area contributed by atoms with Crippen LogP contribution in [0.1, 0.15) is 15.9 Å². The lowest BCUT2D eigenvalue weighted by Crippen LogP contribution is -2.22. The van der Waals surface area contributed by atoms with Gasteiger partial charge in [-0.3, -0.25) is 0 Å². The summed E-state index contributed by atoms with van der Waals surface area (Å²) in [7, 11) is 0. The van der Waals surface area contributed by atoms with E-state index in [1.165, 1.54) is 18.2 Å². The lowest BCUT2D eigenvalue weighted by atomic mass is 10.1. The van der Waals surface area contributed by atoms with Crippen LogP contribution in [0.5, 0.6) is 0 Å². The summed E-state index contributed by atoms with van der Waals surface area (Å²) in [5.74, 6) is -1.27. The maximum Gasteiger partial charge on any atom is 0.335 e. The van der Waals surface area contributed by atoms with Crippen LogP contribution in [0.15, 0.2) is 23.2 Å². The first kappa shape index (κ1) is 11.0. The Kier molecular flexibility index (Phi) is 3.25. The van der Waals surface area contributed by atoms with E-state index in [-0.39, 0.29) is 23.8 Å². The third-order valence-corrected chi connectivity index (χ3v) is 1.75. The zero-order chi connectivity index (χ0) is 11.4. The predicted octanol–water partition coefficient (Wildman–Crippen LogP) is -0.218. The number of nitrogens with zero attached hydrogens (tertiary/aromatic N) is 1. The Balaban J connectivity index is 3.25. The summed E-state index contributed by atoms with van der Waals surface area (Å²) in [5, 5.41) is 17.7. The number of hydrogen-bond donors (Lipinski definition) is 4. The lowest BCUT2D eigenvalue weighted by molar-refractivity contribution is 0.0697. The van der Waals surface area contributed by atoms with E-state index in [4.69, 9.17) is 21.7 Å². The molecule has 1 rings (SSSR count). The molecule has 1 aromatic carbocycles. The van der Waals surface area contributed by atoms with Gasteiger partial charge in [0.1, 0.15) is 0 Å². The van der Waals surface area contributed by atoms with Crippen molar-refractivity contribution < 1.29 is 15.0 Å². The molecule has 80 valence electrons. The van der Waals surface area contributed by atoms with Gasteiger partial charge in [-0.15, -0.1) is 0 Å². The number of carboxylic acid groups (broad SMARTS) is 1. The van der Waals surface area contributed by atoms with Gasteiger partial charge in [-0.25, -0.2) is 9.79 Å². The van der Waals surface area contributed by atoms with Gasteiger partial charge in [0, 0.05) is 5.56 Å². The molecule has 0 amide bonds. The van der Waals surface area contributed by atoms with Crippen LogP contribution in [0, 0.1) is 0 Å². The number of rotatable bonds is 3. The average molecular weight is 209 g/mol. The number of guanidine groups is 1. The maximum absolute atomic E-state index is 10.7. The van der Waals surface area contributed by atoms with Crippen LogP contribution < -0.4 is 11.5 Å². The summed E-state index contributed by atoms with van der Waals surface area (Å²) in [6, 6.07) is 4.14. The average Bonchev–Trinajstić information content (AvgIpc) is 2.16. The molecule has 0 spiro atoms. The molecule has 0 radical (unpaired) electrons. The standard InChI is InChI=1S/C9H11N3O3/c10-9(11)12-7-3-5(8(14)15)1-2-6(7)4-13/h1-3,13H,4H2,(H,14,15)(H4,10,11,12). The fraction of sp³-hybridized carbons (Fsp3) is 0.111. The number of nitrogens with two attached hydrogens (primary N) is 2. The van der Waals surface area contributed by atoms with Gasteiger partial charge in [-0.2, -0.15) is 0 Å². The van der Waals surface area contributed by atoms with Crippen molar-refractivity contribution in [1.82, 2.24) is 0 Å². The topological polar surface area (TPSA) is 122 Å². The fourth-order valence-electron chi connectivity index (χ4n) is 1.07. The summed E-state index contributed by atoms with van der Waals surface area (Å²) >= 11 is 0. The molecule has 0 fully saturated rings. The minimum atomic E-state index is -1.08. The largest absolute Gasteiger partial charge is 0.478 e. The molecule has 0 bridgehead atoms. The molecule has 0 aliphatic carbocycles. The Labute approximate surface area is 85.9 Å². The maximum atomic E-state index is 10.7. The molecule has 6 heteroatoms. The van der Waals surface area contributed by atoms with Crippen molar-refractivity contribution in [3.05, 3.63) is 29.3 Å². The number of carboxylic acids is 1. The lowest BCUT2D eigenvalue weighted by Gasteiger charge is -2.04. The van der Waals surface area contributed by atoms with Crippen LogP contribution in [0.3, 0.4) is 0 Å². The molecule has 1 aromatic rings. The second kappa shape index (κ2) is 4.43. The van der Waals surface area contributed by atoms with E-state index in [2.05, 4.69) is 4.99 Å². The van der Waals surface area contributed by atoms with Gasteiger partial charge < -0.3 is 21.7 Å². The van der Waals surface area contributed by atoms with Gasteiger partial charge in [-0.05, 0) is 12.1 Å². The van der Waals surface area contributed by atoms with Crippen LogP contribution in [0.2, 0.25) is 0 Å². The second-order valence-corrected chi connectivity index (χ2v) is 2.84. The molecule has 0 heterocycles. The molecular weight excluding hydrogens is 198 g/mol. The molecule has 0 aliphatic rings. The van der Waals surface area contributed by atoms with Gasteiger partial charge in [-0.1, -0.05) is 6.07 Å². The van der Waals surface area contributed by atoms with Crippen LogP contribution in [0.25, 0.3) is 0 Å². The molecule has 0 atom stereocenters. The van der Waals surface area contributed by atoms with Crippen molar-refractivity contribution in [1.29, 1.82) is 0 Å². The van der Waals surface area contributed by atoms with E-state index in [0.717, 1.165) is 0 Å². The van der Waals surface area contributed by atoms with Crippen LogP contribution in [0.4, 0.5) is 5.69 Å². The highest BCUT2D eigenvalue weighted by atomic mass is 16.4. The zero-order valence-electron chi connectivity index (χ0n) is 7.84. The Morgan fingerprint density at radius 2 is 2.07 bits per heavy atom. The number of carbonyl (C=O) groups is 1. The molecule has 0 saturated carbocycles. The fourth-order valence-corrected chi connectivity index (χ4v) is 1.07. The van der Waals surface area contributed by atoms with Gasteiger partial charge in [0.25, 0.3) is 0 Å². The minimum Gasteiger partial charge on any atom is -0.478 e. The molecule has 15 heavy (non-hydrogen) atoms. The minimum absolute atomic E-state index is 0.0622. The van der Waals surface area contributed by atoms with Crippen LogP contribution in [-0.4, -0.2) is 22.1 Å². The molecule has 0 aromatic heterocycles. The van der Waals surface area contributed by atoms with Gasteiger partial charge in [0.05, 0.1) is 17.9 Å². The Hall–Kier alpha value is -2.08. The number of aliphatic hydroxyl groups is 1. The summed E-state index contributed by atoms with van der Waals surface area (Å²) in [6.07, 6.45) is 0. The van der Waals surface area contributed by atoms with Crippen LogP contribution >= 0.6 is 0 Å². The van der Waals surface area contributed by atoms with Crippen molar-refractivity contribution in [2.75, 3.05) is 0 Å². The summed E-state index contributed by atoms with van der Waals surface area (Å²) < 4.78 is 0. The molecule has 6 N–H and O–H groups in total. The predicted molar refractivity (Wildman–Crippen MR) is 54.8 cm³/mol. The third kappa shape index (κ3) is 2.68. The Bertz CT molecular complexity index is 411. The van der Waals surface area contributed by atoms with E-state index >= 15 is 0 Å². The first-order valence-corrected chi connectivity index (χ1v) is 4.11. The zero-order valence-corrected chi connectivity index (χ0v) is 7.84. The van der Waals surface area contributed by atoms with Crippen molar-refractivity contribution >= 4 is 17.6 Å². The van der Waals surface area contributed by atoms with E-state index in [9.17, 15) is 4.79 Å². The van der Waals surface area contributed by atoms with Crippen molar-refractivity contribution in [2.45, 2.75) is 6.61 Å². The Morgan fingerprint density at radius 3 is 2.53 bits per heavy atom. The first-order chi connectivity index (χ1) is 7.04. The van der Waals surface area contributed by atoms with Gasteiger partial charge in [0.15, 0.2) is 5.96 Å². The van der Waals surface area contributed by atoms with E-state index in [1.807, 2.05) is 0 Å². The number of hydrogen-bond acceptors (Lipinski definition) is 3. The summed E-state index contributed by atoms with van der Waals surface area (Å²) in [6.45, 7) is -0.258. The number of benzene rings is 1. The van der Waals surface area contributed by atoms with E-state index in [0.29, 0.717) is 5.56 Å². The monoisotopic (exact) mass is 209 g/mol. The molecule has 6 nitrogen and oxygen atoms in total. The highest BCUT2D eigenvalue weighted by Crippen LogP contribution is 2.21. The van der Waals surface area contributed by atoms with Gasteiger partial charge in [0.2, 0.25) is 0 Å². The SMILES string of the molecule is NC(N)=Nc1cc(C(=O)O)ccc1CO. The summed E-state index contributed by atoms with van der Waals surface area (Å²) in [5.41, 5.74) is 11.1. The first-order valence-electron chi connectivity index (χ1n) is 4.11. The van der Waals surface area contributed by atoms with Crippen molar-refractivity contribution in [2.24, 2.45) is 16.5 Å². The van der Waals surface area contributed by atoms with E-state index in [1.54, 1.807) is 0 Å². The molecule has 0 unspecified atom stereocenters. The third-order valence-electron chi connectivity index (χ3n) is 1.75. The molecular formula is C9H11N3O3. The highest BCUT2D eigenvalue weighted by Gasteiger charge is 2.07. The molecule has 0 aliphatic heterocycles. The second-order valence-electron chi connectivity index (χ2n) is 2.84.